The molecule has 0 aromatic rings. The van der Waals surface area contributed by atoms with Gasteiger partial charge in [0.05, 0.1) is 0 Å². The number of carbonyl (C=O) groups is 1. The summed E-state index contributed by atoms with van der Waals surface area (Å²) in [5.74, 6) is 1.54. The Balaban J connectivity index is 2.63. The Bertz CT molecular complexity index is 391. The monoisotopic (exact) mass is 265 g/mol. The zero-order valence-corrected chi connectivity index (χ0v) is 12.9. The van der Waals surface area contributed by atoms with Gasteiger partial charge >= 0.3 is 0 Å². The van der Waals surface area contributed by atoms with E-state index in [1.165, 1.54) is 0 Å². The van der Waals surface area contributed by atoms with E-state index >= 15 is 0 Å². The number of hydrogen-bond acceptors (Lipinski definition) is 3. The van der Waals surface area contributed by atoms with E-state index in [9.17, 15) is 4.79 Å². The maximum Gasteiger partial charge on any atom is 0.227 e. The molecule has 3 N–H and O–H groups in total. The van der Waals surface area contributed by atoms with Crippen LogP contribution in [-0.4, -0.2) is 18.1 Å². The summed E-state index contributed by atoms with van der Waals surface area (Å²) >= 11 is 0. The van der Waals surface area contributed by atoms with Crippen LogP contribution in [0.1, 0.15) is 41.5 Å². The van der Waals surface area contributed by atoms with Crippen molar-refractivity contribution in [1.82, 2.24) is 16.0 Å². The number of allylic oxidation sites excluding steroid dienone is 2. The maximum atomic E-state index is 12.1. The van der Waals surface area contributed by atoms with Gasteiger partial charge in [-0.2, -0.15) is 0 Å². The van der Waals surface area contributed by atoms with Gasteiger partial charge in [-0.1, -0.05) is 40.7 Å². The first-order valence-corrected chi connectivity index (χ1v) is 6.86. The Labute approximate surface area is 116 Å². The molecule has 0 aromatic carbocycles. The molecule has 0 unspecified atom stereocenters. The van der Waals surface area contributed by atoms with Crippen molar-refractivity contribution >= 4 is 5.91 Å². The number of nitrogens with one attached hydrogen (secondary N) is 3. The molecule has 0 fully saturated rings. The Morgan fingerprint density at radius 3 is 2.58 bits per heavy atom. The van der Waals surface area contributed by atoms with E-state index in [0.717, 1.165) is 12.4 Å². The lowest BCUT2D eigenvalue weighted by atomic mass is 9.94. The third-order valence-corrected chi connectivity index (χ3v) is 2.84. The minimum atomic E-state index is -0.543. The minimum Gasteiger partial charge on any atom is -0.372 e. The highest BCUT2D eigenvalue weighted by Crippen LogP contribution is 2.17. The van der Waals surface area contributed by atoms with Crippen molar-refractivity contribution in [3.8, 4) is 0 Å². The van der Waals surface area contributed by atoms with Crippen LogP contribution in [0.25, 0.3) is 0 Å². The molecule has 1 aliphatic rings. The molecule has 1 amide bonds. The highest BCUT2D eigenvalue weighted by Gasteiger charge is 2.30. The zero-order valence-electron chi connectivity index (χ0n) is 12.9. The van der Waals surface area contributed by atoms with E-state index in [2.05, 4.69) is 29.8 Å². The third kappa shape index (κ3) is 4.97. The molecule has 19 heavy (non-hydrogen) atoms. The predicted molar refractivity (Wildman–Crippen MR) is 79.2 cm³/mol. The molecule has 4 heteroatoms. The third-order valence-electron chi connectivity index (χ3n) is 2.84. The SMILES string of the molecule is CC(C)CNC1=CC=C[C@@](C)(NC(=O)C(C)(C)C)N1. The normalized spacial score (nSPS) is 22.8. The van der Waals surface area contributed by atoms with Gasteiger partial charge in [-0.15, -0.1) is 0 Å². The quantitative estimate of drug-likeness (QED) is 0.730. The summed E-state index contributed by atoms with van der Waals surface area (Å²) in [5.41, 5.74) is -0.941. The van der Waals surface area contributed by atoms with Crippen molar-refractivity contribution in [3.63, 3.8) is 0 Å². The Hall–Kier alpha value is -1.45. The molecule has 4 nitrogen and oxygen atoms in total. The molecule has 1 aliphatic heterocycles. The number of amides is 1. The minimum absolute atomic E-state index is 0.0252. The van der Waals surface area contributed by atoms with Crippen LogP contribution in [-0.2, 0) is 4.79 Å². The first kappa shape index (κ1) is 15.6. The van der Waals surface area contributed by atoms with Crippen molar-refractivity contribution in [2.45, 2.75) is 47.2 Å². The zero-order chi connectivity index (χ0) is 14.7. The van der Waals surface area contributed by atoms with Gasteiger partial charge in [0.15, 0.2) is 0 Å². The van der Waals surface area contributed by atoms with Gasteiger partial charge in [0.1, 0.15) is 11.5 Å². The summed E-state index contributed by atoms with van der Waals surface area (Å²) in [5, 5.41) is 9.69. The van der Waals surface area contributed by atoms with Gasteiger partial charge in [0.25, 0.3) is 0 Å². The lowest BCUT2D eigenvalue weighted by Gasteiger charge is -2.35. The van der Waals surface area contributed by atoms with E-state index in [1.54, 1.807) is 0 Å². The lowest BCUT2D eigenvalue weighted by molar-refractivity contribution is -0.130. The highest BCUT2D eigenvalue weighted by molar-refractivity contribution is 5.82. The fourth-order valence-corrected chi connectivity index (χ4v) is 1.61. The van der Waals surface area contributed by atoms with E-state index < -0.39 is 11.1 Å². The smallest absolute Gasteiger partial charge is 0.227 e. The van der Waals surface area contributed by atoms with E-state index in [1.807, 2.05) is 45.9 Å². The summed E-state index contributed by atoms with van der Waals surface area (Å²) < 4.78 is 0. The lowest BCUT2D eigenvalue weighted by Crippen LogP contribution is -2.59. The number of hydrogen-bond donors (Lipinski definition) is 3. The van der Waals surface area contributed by atoms with Crippen LogP contribution in [0.4, 0.5) is 0 Å². The molecule has 1 heterocycles. The maximum absolute atomic E-state index is 12.1. The van der Waals surface area contributed by atoms with Crippen molar-refractivity contribution in [2.75, 3.05) is 6.54 Å². The molecule has 0 aliphatic carbocycles. The number of carbonyl (C=O) groups excluding carboxylic acids is 1. The van der Waals surface area contributed by atoms with Crippen LogP contribution in [0.5, 0.6) is 0 Å². The van der Waals surface area contributed by atoms with Crippen LogP contribution >= 0.6 is 0 Å². The second-order valence-corrected chi connectivity index (χ2v) is 6.75. The van der Waals surface area contributed by atoms with Gasteiger partial charge in [0.2, 0.25) is 5.91 Å². The summed E-state index contributed by atoms with van der Waals surface area (Å²) in [4.78, 5) is 12.1. The fraction of sp³-hybridized carbons (Fsp3) is 0.667. The fourth-order valence-electron chi connectivity index (χ4n) is 1.61. The standard InChI is InChI=1S/C15H27N3O/c1-11(2)10-16-12-8-7-9-15(6,17-12)18-13(19)14(3,4)5/h7-9,11,16-17H,10H2,1-6H3,(H,18,19)/t15-/m1/s1. The second kappa shape index (κ2) is 5.68. The van der Waals surface area contributed by atoms with Crippen LogP contribution in [0.15, 0.2) is 24.0 Å². The van der Waals surface area contributed by atoms with E-state index in [0.29, 0.717) is 5.92 Å². The molecule has 0 bridgehead atoms. The molecule has 0 spiro atoms. The van der Waals surface area contributed by atoms with Gasteiger partial charge in [-0.25, -0.2) is 0 Å². The van der Waals surface area contributed by atoms with Crippen molar-refractivity contribution in [2.24, 2.45) is 11.3 Å². The van der Waals surface area contributed by atoms with Gasteiger partial charge in [-0.3, -0.25) is 4.79 Å². The predicted octanol–water partition coefficient (Wildman–Crippen LogP) is 2.11. The summed E-state index contributed by atoms with van der Waals surface area (Å²) in [6.07, 6.45) is 5.90. The van der Waals surface area contributed by atoms with E-state index in [4.69, 9.17) is 0 Å². The van der Waals surface area contributed by atoms with Gasteiger partial charge in [0, 0.05) is 12.0 Å². The average molecular weight is 265 g/mol. The summed E-state index contributed by atoms with van der Waals surface area (Å²) in [7, 11) is 0. The van der Waals surface area contributed by atoms with Crippen molar-refractivity contribution < 1.29 is 4.79 Å². The molecular weight excluding hydrogens is 238 g/mol. The highest BCUT2D eigenvalue weighted by atomic mass is 16.2. The molecule has 0 saturated heterocycles. The summed E-state index contributed by atoms with van der Waals surface area (Å²) in [6, 6.07) is 0. The van der Waals surface area contributed by atoms with Crippen LogP contribution in [0.3, 0.4) is 0 Å². The number of rotatable bonds is 4. The topological polar surface area (TPSA) is 53.2 Å². The Morgan fingerprint density at radius 1 is 1.42 bits per heavy atom. The molecule has 1 atom stereocenters. The van der Waals surface area contributed by atoms with Crippen molar-refractivity contribution in [1.29, 1.82) is 0 Å². The first-order valence-electron chi connectivity index (χ1n) is 6.86. The largest absolute Gasteiger partial charge is 0.372 e. The molecule has 0 aromatic heterocycles. The first-order chi connectivity index (χ1) is 8.62. The molecule has 0 radical (unpaired) electrons. The average Bonchev–Trinajstić information content (AvgIpc) is 2.24. The van der Waals surface area contributed by atoms with E-state index in [-0.39, 0.29) is 5.91 Å². The van der Waals surface area contributed by atoms with Crippen LogP contribution in [0, 0.1) is 11.3 Å². The number of dihydropyridines is 1. The summed E-state index contributed by atoms with van der Waals surface area (Å²) in [6.45, 7) is 12.9. The van der Waals surface area contributed by atoms with Gasteiger partial charge < -0.3 is 16.0 Å². The van der Waals surface area contributed by atoms with Crippen LogP contribution < -0.4 is 16.0 Å². The van der Waals surface area contributed by atoms with Crippen molar-refractivity contribution in [3.05, 3.63) is 24.0 Å². The second-order valence-electron chi connectivity index (χ2n) is 6.75. The van der Waals surface area contributed by atoms with Gasteiger partial charge in [-0.05, 0) is 25.0 Å². The molecule has 1 rings (SSSR count). The molecule has 0 saturated carbocycles. The molecular formula is C15H27N3O. The van der Waals surface area contributed by atoms with Crippen LogP contribution in [0.2, 0.25) is 0 Å². The Kier molecular flexibility index (Phi) is 4.66. The Morgan fingerprint density at radius 2 is 2.05 bits per heavy atom. The molecule has 108 valence electrons.